The van der Waals surface area contributed by atoms with Gasteiger partial charge in [-0.15, -0.1) is 0 Å². The Hall–Kier alpha value is -1.38. The molecule has 0 heterocycles. The molecule has 2 rings (SSSR count). The van der Waals surface area contributed by atoms with Crippen molar-refractivity contribution >= 4 is 5.69 Å². The molecule has 1 aromatic carbocycles. The number of hydrogen-bond acceptors (Lipinski definition) is 3. The lowest BCUT2D eigenvalue weighted by atomic mass is 9.69. The highest BCUT2D eigenvalue weighted by Crippen LogP contribution is 2.40. The van der Waals surface area contributed by atoms with Crippen molar-refractivity contribution in [3.05, 3.63) is 18.2 Å². The van der Waals surface area contributed by atoms with Crippen LogP contribution in [0.2, 0.25) is 0 Å². The fourth-order valence-electron chi connectivity index (χ4n) is 3.45. The molecule has 0 aromatic heterocycles. The number of anilines is 1. The van der Waals surface area contributed by atoms with Crippen LogP contribution in [-0.2, 0) is 0 Å². The van der Waals surface area contributed by atoms with Crippen LogP contribution in [0.4, 0.5) is 5.69 Å². The maximum absolute atomic E-state index is 5.36. The normalized spacial score (nSPS) is 22.7. The van der Waals surface area contributed by atoms with Gasteiger partial charge in [0.1, 0.15) is 11.5 Å². The lowest BCUT2D eigenvalue weighted by Gasteiger charge is -2.41. The van der Waals surface area contributed by atoms with Gasteiger partial charge in [-0.25, -0.2) is 0 Å². The van der Waals surface area contributed by atoms with Crippen LogP contribution in [-0.4, -0.2) is 20.3 Å². The SMILES string of the molecule is COc1cc(NC2CCCCC2C(C)(C)C)cc(OC)c1. The van der Waals surface area contributed by atoms with Crippen LogP contribution in [0.5, 0.6) is 11.5 Å². The van der Waals surface area contributed by atoms with Crippen molar-refractivity contribution in [3.63, 3.8) is 0 Å². The third-order valence-corrected chi connectivity index (χ3v) is 4.58. The Morgan fingerprint density at radius 1 is 0.952 bits per heavy atom. The minimum Gasteiger partial charge on any atom is -0.497 e. The van der Waals surface area contributed by atoms with Crippen molar-refractivity contribution in [2.75, 3.05) is 19.5 Å². The Balaban J connectivity index is 2.19. The molecule has 1 aromatic rings. The largest absolute Gasteiger partial charge is 0.497 e. The molecule has 1 fully saturated rings. The van der Waals surface area contributed by atoms with E-state index in [1.54, 1.807) is 14.2 Å². The molecule has 2 atom stereocenters. The van der Waals surface area contributed by atoms with Crippen molar-refractivity contribution in [1.82, 2.24) is 0 Å². The Morgan fingerprint density at radius 2 is 1.52 bits per heavy atom. The minimum absolute atomic E-state index is 0.334. The summed E-state index contributed by atoms with van der Waals surface area (Å²) < 4.78 is 10.7. The van der Waals surface area contributed by atoms with E-state index in [4.69, 9.17) is 9.47 Å². The fraction of sp³-hybridized carbons (Fsp3) is 0.667. The molecule has 118 valence electrons. The zero-order valence-electron chi connectivity index (χ0n) is 14.0. The number of rotatable bonds is 4. The number of ether oxygens (including phenoxy) is 2. The zero-order chi connectivity index (χ0) is 15.5. The summed E-state index contributed by atoms with van der Waals surface area (Å²) >= 11 is 0. The standard InChI is InChI=1S/C18H29NO2/c1-18(2,3)16-8-6-7-9-17(16)19-13-10-14(20-4)12-15(11-13)21-5/h10-12,16-17,19H,6-9H2,1-5H3. The summed E-state index contributed by atoms with van der Waals surface area (Å²) in [5.74, 6) is 2.36. The van der Waals surface area contributed by atoms with Gasteiger partial charge in [-0.1, -0.05) is 33.6 Å². The molecule has 0 bridgehead atoms. The second kappa shape index (κ2) is 6.59. The molecule has 3 nitrogen and oxygen atoms in total. The summed E-state index contributed by atoms with van der Waals surface area (Å²) in [7, 11) is 3.38. The van der Waals surface area contributed by atoms with E-state index >= 15 is 0 Å². The molecule has 1 saturated carbocycles. The van der Waals surface area contributed by atoms with E-state index in [9.17, 15) is 0 Å². The molecular formula is C18H29NO2. The van der Waals surface area contributed by atoms with Gasteiger partial charge in [0.05, 0.1) is 14.2 Å². The van der Waals surface area contributed by atoms with Crippen molar-refractivity contribution in [3.8, 4) is 11.5 Å². The molecule has 0 spiro atoms. The van der Waals surface area contributed by atoms with Crippen molar-refractivity contribution in [2.24, 2.45) is 11.3 Å². The van der Waals surface area contributed by atoms with Crippen LogP contribution in [0.3, 0.4) is 0 Å². The first kappa shape index (κ1) is 16.0. The van der Waals surface area contributed by atoms with E-state index in [0.717, 1.165) is 17.2 Å². The van der Waals surface area contributed by atoms with Gasteiger partial charge in [0.2, 0.25) is 0 Å². The van der Waals surface area contributed by atoms with Crippen LogP contribution in [0, 0.1) is 11.3 Å². The monoisotopic (exact) mass is 291 g/mol. The highest BCUT2D eigenvalue weighted by molar-refractivity contribution is 5.54. The molecule has 1 N–H and O–H groups in total. The lowest BCUT2D eigenvalue weighted by molar-refractivity contribution is 0.163. The van der Waals surface area contributed by atoms with Crippen molar-refractivity contribution < 1.29 is 9.47 Å². The number of nitrogens with one attached hydrogen (secondary N) is 1. The van der Waals surface area contributed by atoms with Gasteiger partial charge in [-0.05, 0) is 24.2 Å². The molecule has 0 radical (unpaired) electrons. The first-order valence-corrected chi connectivity index (χ1v) is 7.93. The predicted octanol–water partition coefficient (Wildman–Crippen LogP) is 4.72. The van der Waals surface area contributed by atoms with Gasteiger partial charge in [0.15, 0.2) is 0 Å². The van der Waals surface area contributed by atoms with E-state index in [1.807, 2.05) is 6.07 Å². The maximum atomic E-state index is 5.36. The third-order valence-electron chi connectivity index (χ3n) is 4.58. The average molecular weight is 291 g/mol. The van der Waals surface area contributed by atoms with Gasteiger partial charge < -0.3 is 14.8 Å². The van der Waals surface area contributed by atoms with Crippen LogP contribution in [0.1, 0.15) is 46.5 Å². The molecule has 0 aliphatic heterocycles. The van der Waals surface area contributed by atoms with E-state index in [1.165, 1.54) is 25.7 Å². The van der Waals surface area contributed by atoms with Crippen LogP contribution in [0.15, 0.2) is 18.2 Å². The molecule has 1 aliphatic rings. The maximum Gasteiger partial charge on any atom is 0.124 e. The number of methoxy groups -OCH3 is 2. The summed E-state index contributed by atoms with van der Waals surface area (Å²) in [4.78, 5) is 0. The van der Waals surface area contributed by atoms with Gasteiger partial charge in [-0.3, -0.25) is 0 Å². The van der Waals surface area contributed by atoms with Gasteiger partial charge in [-0.2, -0.15) is 0 Å². The Bertz CT molecular complexity index is 443. The molecule has 1 aliphatic carbocycles. The van der Waals surface area contributed by atoms with Gasteiger partial charge >= 0.3 is 0 Å². The van der Waals surface area contributed by atoms with Crippen LogP contribution in [0.25, 0.3) is 0 Å². The van der Waals surface area contributed by atoms with E-state index < -0.39 is 0 Å². The summed E-state index contributed by atoms with van der Waals surface area (Å²) in [6.45, 7) is 7.05. The molecule has 21 heavy (non-hydrogen) atoms. The molecule has 0 saturated heterocycles. The lowest BCUT2D eigenvalue weighted by Crippen LogP contribution is -2.39. The second-order valence-corrected chi connectivity index (χ2v) is 7.11. The predicted molar refractivity (Wildman–Crippen MR) is 88.4 cm³/mol. The quantitative estimate of drug-likeness (QED) is 0.870. The number of benzene rings is 1. The summed E-state index contributed by atoms with van der Waals surface area (Å²) in [6.07, 6.45) is 5.20. The fourth-order valence-corrected chi connectivity index (χ4v) is 3.45. The van der Waals surface area contributed by atoms with Crippen LogP contribution >= 0.6 is 0 Å². The molecular weight excluding hydrogens is 262 g/mol. The van der Waals surface area contributed by atoms with E-state index in [-0.39, 0.29) is 0 Å². The first-order valence-electron chi connectivity index (χ1n) is 7.93. The topological polar surface area (TPSA) is 30.5 Å². The molecule has 0 amide bonds. The van der Waals surface area contributed by atoms with Crippen molar-refractivity contribution in [1.29, 1.82) is 0 Å². The zero-order valence-corrected chi connectivity index (χ0v) is 14.0. The summed E-state index contributed by atoms with van der Waals surface area (Å²) in [6, 6.07) is 6.54. The minimum atomic E-state index is 0.334. The number of hydrogen-bond donors (Lipinski definition) is 1. The van der Waals surface area contributed by atoms with Crippen molar-refractivity contribution in [2.45, 2.75) is 52.5 Å². The Morgan fingerprint density at radius 3 is 2.05 bits per heavy atom. The molecule has 2 unspecified atom stereocenters. The van der Waals surface area contributed by atoms with Gasteiger partial charge in [0, 0.05) is 29.9 Å². The average Bonchev–Trinajstić information content (AvgIpc) is 2.46. The third kappa shape index (κ3) is 4.05. The summed E-state index contributed by atoms with van der Waals surface area (Å²) in [5.41, 5.74) is 1.42. The summed E-state index contributed by atoms with van der Waals surface area (Å²) in [5, 5.41) is 3.73. The highest BCUT2D eigenvalue weighted by Gasteiger charge is 2.34. The smallest absolute Gasteiger partial charge is 0.124 e. The first-order chi connectivity index (χ1) is 9.94. The highest BCUT2D eigenvalue weighted by atomic mass is 16.5. The van der Waals surface area contributed by atoms with Crippen LogP contribution < -0.4 is 14.8 Å². The molecule has 3 heteroatoms. The van der Waals surface area contributed by atoms with E-state index in [0.29, 0.717) is 17.4 Å². The van der Waals surface area contributed by atoms with Gasteiger partial charge in [0.25, 0.3) is 0 Å². The van der Waals surface area contributed by atoms with E-state index in [2.05, 4.69) is 38.2 Å². The Labute approximate surface area is 129 Å². The second-order valence-electron chi connectivity index (χ2n) is 7.11. The Kier molecular flexibility index (Phi) is 5.02.